The molecule has 0 aliphatic rings. The number of urea groups is 1. The second-order valence-corrected chi connectivity index (χ2v) is 5.86. The number of benzene rings is 4. The SMILES string of the molecule is N=NC(=O)NN(c1cccc2ccccc12)c1cccc2ccccc12. The Morgan fingerprint density at radius 2 is 1.19 bits per heavy atom. The average Bonchev–Trinajstić information content (AvgIpc) is 2.71. The Balaban J connectivity index is 1.98. The molecule has 0 bridgehead atoms. The summed E-state index contributed by atoms with van der Waals surface area (Å²) < 4.78 is 0. The monoisotopic (exact) mass is 340 g/mol. The van der Waals surface area contributed by atoms with Gasteiger partial charge in [-0.15, -0.1) is 0 Å². The molecular weight excluding hydrogens is 324 g/mol. The van der Waals surface area contributed by atoms with Gasteiger partial charge in [-0.2, -0.15) is 5.53 Å². The summed E-state index contributed by atoms with van der Waals surface area (Å²) in [7, 11) is 0. The number of rotatable bonds is 3. The number of anilines is 2. The minimum atomic E-state index is -0.731. The maximum atomic E-state index is 11.9. The van der Waals surface area contributed by atoms with Gasteiger partial charge in [0, 0.05) is 10.8 Å². The fourth-order valence-electron chi connectivity index (χ4n) is 3.18. The standard InChI is InChI=1S/C21H16N4O/c22-23-21(26)24-25(19-13-5-9-15-7-1-3-11-17(15)19)20-14-6-10-16-8-2-4-12-18(16)20/h1-14,22H,(H,24,26). The molecule has 0 aromatic heterocycles. The number of carbonyl (C=O) groups excluding carboxylic acids is 1. The van der Waals surface area contributed by atoms with Crippen molar-refractivity contribution in [2.24, 2.45) is 5.11 Å². The maximum Gasteiger partial charge on any atom is 0.378 e. The molecule has 4 rings (SSSR count). The van der Waals surface area contributed by atoms with Gasteiger partial charge in [0.25, 0.3) is 0 Å². The van der Waals surface area contributed by atoms with Gasteiger partial charge in [-0.3, -0.25) is 5.01 Å². The fraction of sp³-hybridized carbons (Fsp3) is 0. The summed E-state index contributed by atoms with van der Waals surface area (Å²) in [6, 6.07) is 27.0. The Labute approximate surface area is 150 Å². The highest BCUT2D eigenvalue weighted by Crippen LogP contribution is 2.34. The van der Waals surface area contributed by atoms with Crippen LogP contribution in [0.4, 0.5) is 16.2 Å². The lowest BCUT2D eigenvalue weighted by Gasteiger charge is -2.26. The average molecular weight is 340 g/mol. The van der Waals surface area contributed by atoms with Crippen molar-refractivity contribution in [2.75, 3.05) is 5.01 Å². The molecule has 0 atom stereocenters. The minimum absolute atomic E-state index is 0.731. The molecule has 0 heterocycles. The molecule has 4 aromatic carbocycles. The van der Waals surface area contributed by atoms with E-state index in [1.807, 2.05) is 84.9 Å². The normalized spacial score (nSPS) is 10.6. The molecule has 0 unspecified atom stereocenters. The highest BCUT2D eigenvalue weighted by molar-refractivity contribution is 6.02. The molecule has 5 nitrogen and oxygen atoms in total. The van der Waals surface area contributed by atoms with E-state index in [-0.39, 0.29) is 0 Å². The molecule has 26 heavy (non-hydrogen) atoms. The molecule has 0 saturated carbocycles. The molecule has 5 heteroatoms. The van der Waals surface area contributed by atoms with E-state index in [9.17, 15) is 4.79 Å². The summed E-state index contributed by atoms with van der Waals surface area (Å²) in [5, 5.41) is 8.81. The van der Waals surface area contributed by atoms with Crippen LogP contribution in [0.25, 0.3) is 21.5 Å². The molecule has 2 N–H and O–H groups in total. The number of nitrogens with zero attached hydrogens (tertiary/aromatic N) is 2. The zero-order valence-electron chi connectivity index (χ0n) is 13.9. The highest BCUT2D eigenvalue weighted by atomic mass is 16.2. The molecule has 0 fully saturated rings. The van der Waals surface area contributed by atoms with E-state index >= 15 is 0 Å². The Hall–Kier alpha value is -3.73. The van der Waals surface area contributed by atoms with Crippen molar-refractivity contribution >= 4 is 39.0 Å². The Bertz CT molecular complexity index is 1030. The zero-order valence-corrected chi connectivity index (χ0v) is 13.9. The van der Waals surface area contributed by atoms with Gasteiger partial charge in [0.1, 0.15) is 0 Å². The second-order valence-electron chi connectivity index (χ2n) is 5.86. The van der Waals surface area contributed by atoms with Crippen LogP contribution in [0.1, 0.15) is 0 Å². The summed E-state index contributed by atoms with van der Waals surface area (Å²) in [5.41, 5.74) is 11.4. The van der Waals surface area contributed by atoms with Crippen molar-refractivity contribution in [1.82, 2.24) is 5.43 Å². The van der Waals surface area contributed by atoms with Crippen LogP contribution in [-0.2, 0) is 0 Å². The maximum absolute atomic E-state index is 11.9. The van der Waals surface area contributed by atoms with Crippen LogP contribution in [0.15, 0.2) is 90.0 Å². The van der Waals surface area contributed by atoms with Crippen LogP contribution in [-0.4, -0.2) is 6.03 Å². The first kappa shape index (κ1) is 15.8. The first-order valence-corrected chi connectivity index (χ1v) is 8.21. The van der Waals surface area contributed by atoms with E-state index in [0.29, 0.717) is 0 Å². The molecule has 0 aliphatic carbocycles. The van der Waals surface area contributed by atoms with Crippen LogP contribution >= 0.6 is 0 Å². The predicted molar refractivity (Wildman–Crippen MR) is 104 cm³/mol. The second kappa shape index (κ2) is 6.64. The fourth-order valence-corrected chi connectivity index (χ4v) is 3.18. The van der Waals surface area contributed by atoms with E-state index in [1.165, 1.54) is 0 Å². The minimum Gasteiger partial charge on any atom is -0.251 e. The van der Waals surface area contributed by atoms with Gasteiger partial charge in [-0.25, -0.2) is 10.2 Å². The molecule has 126 valence electrons. The van der Waals surface area contributed by atoms with Crippen LogP contribution in [0.3, 0.4) is 0 Å². The Morgan fingerprint density at radius 1 is 0.731 bits per heavy atom. The molecular formula is C21H16N4O. The number of hydrogen-bond acceptors (Lipinski definition) is 3. The van der Waals surface area contributed by atoms with Gasteiger partial charge in [0.05, 0.1) is 11.4 Å². The largest absolute Gasteiger partial charge is 0.378 e. The van der Waals surface area contributed by atoms with Gasteiger partial charge < -0.3 is 0 Å². The molecule has 2 amide bonds. The van der Waals surface area contributed by atoms with Crippen molar-refractivity contribution in [3.8, 4) is 0 Å². The van der Waals surface area contributed by atoms with Crippen molar-refractivity contribution in [3.05, 3.63) is 84.9 Å². The van der Waals surface area contributed by atoms with Gasteiger partial charge in [-0.1, -0.05) is 77.9 Å². The van der Waals surface area contributed by atoms with Crippen LogP contribution in [0.5, 0.6) is 0 Å². The van der Waals surface area contributed by atoms with E-state index in [0.717, 1.165) is 32.9 Å². The summed E-state index contributed by atoms with van der Waals surface area (Å²) in [6.07, 6.45) is 0. The summed E-state index contributed by atoms with van der Waals surface area (Å²) in [6.45, 7) is 0. The summed E-state index contributed by atoms with van der Waals surface area (Å²) >= 11 is 0. The van der Waals surface area contributed by atoms with E-state index in [1.54, 1.807) is 5.01 Å². The predicted octanol–water partition coefficient (Wildman–Crippen LogP) is 5.79. The molecule has 0 aliphatic heterocycles. The Morgan fingerprint density at radius 3 is 1.69 bits per heavy atom. The lowest BCUT2D eigenvalue weighted by molar-refractivity contribution is 0.247. The number of nitrogens with one attached hydrogen (secondary N) is 2. The lowest BCUT2D eigenvalue weighted by atomic mass is 10.1. The van der Waals surface area contributed by atoms with Gasteiger partial charge >= 0.3 is 6.03 Å². The number of amides is 2. The molecule has 0 spiro atoms. The molecule has 4 aromatic rings. The van der Waals surface area contributed by atoms with Crippen LogP contribution in [0.2, 0.25) is 0 Å². The van der Waals surface area contributed by atoms with Crippen molar-refractivity contribution < 1.29 is 4.79 Å². The first-order valence-electron chi connectivity index (χ1n) is 8.21. The zero-order chi connectivity index (χ0) is 17.9. The van der Waals surface area contributed by atoms with E-state index in [2.05, 4.69) is 10.5 Å². The number of hydrazine groups is 1. The van der Waals surface area contributed by atoms with E-state index < -0.39 is 6.03 Å². The topological polar surface area (TPSA) is 68.5 Å². The van der Waals surface area contributed by atoms with Crippen molar-refractivity contribution in [1.29, 1.82) is 5.53 Å². The van der Waals surface area contributed by atoms with Crippen molar-refractivity contribution in [2.45, 2.75) is 0 Å². The third-order valence-electron chi connectivity index (χ3n) is 4.32. The molecule has 0 saturated heterocycles. The van der Waals surface area contributed by atoms with Gasteiger partial charge in [0.2, 0.25) is 0 Å². The van der Waals surface area contributed by atoms with E-state index in [4.69, 9.17) is 5.53 Å². The summed E-state index contributed by atoms with van der Waals surface area (Å²) in [5.74, 6) is 0. The quantitative estimate of drug-likeness (QED) is 0.366. The third-order valence-corrected chi connectivity index (χ3v) is 4.32. The van der Waals surface area contributed by atoms with Gasteiger partial charge in [0.15, 0.2) is 0 Å². The summed E-state index contributed by atoms with van der Waals surface area (Å²) in [4.78, 5) is 11.9. The van der Waals surface area contributed by atoms with Crippen LogP contribution < -0.4 is 10.4 Å². The lowest BCUT2D eigenvalue weighted by Crippen LogP contribution is -2.37. The number of carbonyl (C=O) groups is 1. The smallest absolute Gasteiger partial charge is 0.251 e. The number of fused-ring (bicyclic) bond motifs is 2. The first-order chi connectivity index (χ1) is 12.8. The van der Waals surface area contributed by atoms with Crippen molar-refractivity contribution in [3.63, 3.8) is 0 Å². The Kier molecular flexibility index (Phi) is 4.03. The molecule has 0 radical (unpaired) electrons. The van der Waals surface area contributed by atoms with Crippen LogP contribution in [0, 0.1) is 5.53 Å². The number of hydrogen-bond donors (Lipinski definition) is 2. The third kappa shape index (κ3) is 2.75. The van der Waals surface area contributed by atoms with Gasteiger partial charge in [-0.05, 0) is 22.9 Å². The highest BCUT2D eigenvalue weighted by Gasteiger charge is 2.17.